The highest BCUT2D eigenvalue weighted by Gasteiger charge is 2.05. The summed E-state index contributed by atoms with van der Waals surface area (Å²) in [6, 6.07) is 18.5. The fourth-order valence-corrected chi connectivity index (χ4v) is 2.55. The molecule has 1 N–H and O–H groups in total. The van der Waals surface area contributed by atoms with E-state index >= 15 is 0 Å². The van der Waals surface area contributed by atoms with Crippen LogP contribution in [0, 0.1) is 0 Å². The number of hydrogen-bond acceptors (Lipinski definition) is 4. The van der Waals surface area contributed by atoms with Gasteiger partial charge in [0.2, 0.25) is 0 Å². The summed E-state index contributed by atoms with van der Waals surface area (Å²) in [5, 5.41) is 3.94. The Morgan fingerprint density at radius 1 is 1.08 bits per heavy atom. The molecule has 5 nitrogen and oxygen atoms in total. The van der Waals surface area contributed by atoms with Crippen LogP contribution in [0.1, 0.15) is 21.5 Å². The number of aromatic nitrogens is 1. The number of nitrogens with one attached hydrogen (secondary N) is 1. The quantitative estimate of drug-likeness (QED) is 0.490. The van der Waals surface area contributed by atoms with E-state index in [2.05, 4.69) is 31.4 Å². The molecule has 130 valence electrons. The summed E-state index contributed by atoms with van der Waals surface area (Å²) < 4.78 is 6.67. The Morgan fingerprint density at radius 2 is 1.81 bits per heavy atom. The van der Waals surface area contributed by atoms with Crippen molar-refractivity contribution >= 4 is 28.1 Å². The van der Waals surface area contributed by atoms with E-state index in [1.807, 2.05) is 36.4 Å². The predicted octanol–water partition coefficient (Wildman–Crippen LogP) is 4.19. The standard InChI is InChI=1S/C20H16BrN3O2/c21-18-3-1-2-4-19(18)26-14-16-5-7-17(8-6-16)20(25)24-23-13-15-9-11-22-12-10-15/h1-13H,14H2,(H,24,25). The second kappa shape index (κ2) is 8.92. The van der Waals surface area contributed by atoms with Crippen molar-refractivity contribution in [2.24, 2.45) is 5.10 Å². The van der Waals surface area contributed by atoms with Gasteiger partial charge >= 0.3 is 0 Å². The molecule has 0 atom stereocenters. The van der Waals surface area contributed by atoms with E-state index < -0.39 is 0 Å². The van der Waals surface area contributed by atoms with Crippen molar-refractivity contribution < 1.29 is 9.53 Å². The van der Waals surface area contributed by atoms with Crippen LogP contribution >= 0.6 is 15.9 Å². The summed E-state index contributed by atoms with van der Waals surface area (Å²) in [5.74, 6) is 0.508. The number of rotatable bonds is 6. The lowest BCUT2D eigenvalue weighted by atomic mass is 10.1. The lowest BCUT2D eigenvalue weighted by molar-refractivity contribution is 0.0955. The van der Waals surface area contributed by atoms with Gasteiger partial charge in [0.25, 0.3) is 5.91 Å². The van der Waals surface area contributed by atoms with Crippen molar-refractivity contribution in [1.82, 2.24) is 10.4 Å². The second-order valence-electron chi connectivity index (χ2n) is 5.40. The average Bonchev–Trinajstić information content (AvgIpc) is 2.68. The highest BCUT2D eigenvalue weighted by molar-refractivity contribution is 9.10. The minimum Gasteiger partial charge on any atom is -0.488 e. The lowest BCUT2D eigenvalue weighted by Crippen LogP contribution is -2.17. The van der Waals surface area contributed by atoms with Gasteiger partial charge in [-0.15, -0.1) is 0 Å². The van der Waals surface area contributed by atoms with Gasteiger partial charge in [-0.05, 0) is 63.5 Å². The Labute approximate surface area is 159 Å². The van der Waals surface area contributed by atoms with Crippen LogP contribution in [0.3, 0.4) is 0 Å². The first-order valence-corrected chi connectivity index (χ1v) is 8.71. The SMILES string of the molecule is O=C(NN=Cc1ccncc1)c1ccc(COc2ccccc2Br)cc1. The molecule has 0 aliphatic heterocycles. The van der Waals surface area contributed by atoms with Crippen molar-refractivity contribution in [1.29, 1.82) is 0 Å². The summed E-state index contributed by atoms with van der Waals surface area (Å²) in [7, 11) is 0. The second-order valence-corrected chi connectivity index (χ2v) is 6.25. The van der Waals surface area contributed by atoms with Gasteiger partial charge < -0.3 is 4.74 Å². The van der Waals surface area contributed by atoms with E-state index in [0.717, 1.165) is 21.3 Å². The van der Waals surface area contributed by atoms with Crippen molar-refractivity contribution in [3.8, 4) is 5.75 Å². The Morgan fingerprint density at radius 3 is 2.54 bits per heavy atom. The number of benzene rings is 2. The summed E-state index contributed by atoms with van der Waals surface area (Å²) >= 11 is 3.45. The number of hydrogen-bond donors (Lipinski definition) is 1. The van der Waals surface area contributed by atoms with Gasteiger partial charge in [-0.1, -0.05) is 24.3 Å². The van der Waals surface area contributed by atoms with E-state index in [0.29, 0.717) is 12.2 Å². The monoisotopic (exact) mass is 409 g/mol. The van der Waals surface area contributed by atoms with Crippen LogP contribution in [0.5, 0.6) is 5.75 Å². The molecule has 1 aromatic heterocycles. The number of para-hydroxylation sites is 1. The molecule has 0 spiro atoms. The molecular formula is C20H16BrN3O2. The third kappa shape index (κ3) is 5.00. The zero-order valence-corrected chi connectivity index (χ0v) is 15.4. The Bertz CT molecular complexity index is 896. The summed E-state index contributed by atoms with van der Waals surface area (Å²) in [6.45, 7) is 0.421. The van der Waals surface area contributed by atoms with Crippen molar-refractivity contribution in [2.45, 2.75) is 6.61 Å². The van der Waals surface area contributed by atoms with Crippen molar-refractivity contribution in [2.75, 3.05) is 0 Å². The maximum absolute atomic E-state index is 12.1. The maximum Gasteiger partial charge on any atom is 0.271 e. The number of ether oxygens (including phenoxy) is 1. The molecule has 0 bridgehead atoms. The minimum atomic E-state index is -0.270. The molecule has 0 aliphatic rings. The van der Waals surface area contributed by atoms with E-state index in [-0.39, 0.29) is 5.91 Å². The van der Waals surface area contributed by atoms with Crippen LogP contribution in [-0.4, -0.2) is 17.1 Å². The normalized spacial score (nSPS) is 10.7. The zero-order chi connectivity index (χ0) is 18.2. The molecule has 0 saturated carbocycles. The molecule has 6 heteroatoms. The molecule has 3 rings (SSSR count). The topological polar surface area (TPSA) is 63.6 Å². The molecule has 3 aromatic rings. The first-order chi connectivity index (χ1) is 12.7. The van der Waals surface area contributed by atoms with Crippen LogP contribution < -0.4 is 10.2 Å². The Hall–Kier alpha value is -2.99. The molecule has 1 amide bonds. The van der Waals surface area contributed by atoms with Gasteiger partial charge in [0.1, 0.15) is 12.4 Å². The zero-order valence-electron chi connectivity index (χ0n) is 13.8. The molecule has 0 aliphatic carbocycles. The van der Waals surface area contributed by atoms with Crippen LogP contribution in [0.2, 0.25) is 0 Å². The molecule has 0 fully saturated rings. The lowest BCUT2D eigenvalue weighted by Gasteiger charge is -2.08. The molecule has 0 unspecified atom stereocenters. The van der Waals surface area contributed by atoms with Crippen molar-refractivity contribution in [3.63, 3.8) is 0 Å². The predicted molar refractivity (Wildman–Crippen MR) is 104 cm³/mol. The fraction of sp³-hybridized carbons (Fsp3) is 0.0500. The highest BCUT2D eigenvalue weighted by atomic mass is 79.9. The van der Waals surface area contributed by atoms with Gasteiger partial charge in [-0.3, -0.25) is 9.78 Å². The van der Waals surface area contributed by atoms with E-state index in [4.69, 9.17) is 4.74 Å². The largest absolute Gasteiger partial charge is 0.488 e. The summed E-state index contributed by atoms with van der Waals surface area (Å²) in [6.07, 6.45) is 4.90. The van der Waals surface area contributed by atoms with Crippen LogP contribution in [0.4, 0.5) is 0 Å². The van der Waals surface area contributed by atoms with Gasteiger partial charge in [0, 0.05) is 18.0 Å². The average molecular weight is 410 g/mol. The molecule has 26 heavy (non-hydrogen) atoms. The first-order valence-electron chi connectivity index (χ1n) is 7.92. The van der Waals surface area contributed by atoms with Crippen LogP contribution in [-0.2, 0) is 6.61 Å². The summed E-state index contributed by atoms with van der Waals surface area (Å²) in [5.41, 5.74) is 4.87. The smallest absolute Gasteiger partial charge is 0.271 e. The van der Waals surface area contributed by atoms with Crippen molar-refractivity contribution in [3.05, 3.63) is 94.2 Å². The third-order valence-corrected chi connectivity index (χ3v) is 4.19. The van der Waals surface area contributed by atoms with Gasteiger partial charge in [0.05, 0.1) is 10.7 Å². The number of pyridine rings is 1. The van der Waals surface area contributed by atoms with E-state index in [1.54, 1.807) is 42.9 Å². The van der Waals surface area contributed by atoms with Gasteiger partial charge in [-0.25, -0.2) is 5.43 Å². The number of halogens is 1. The minimum absolute atomic E-state index is 0.270. The molecule has 0 radical (unpaired) electrons. The van der Waals surface area contributed by atoms with Gasteiger partial charge in [0.15, 0.2) is 0 Å². The number of carbonyl (C=O) groups excluding carboxylic acids is 1. The molecular weight excluding hydrogens is 394 g/mol. The van der Waals surface area contributed by atoms with E-state index in [9.17, 15) is 4.79 Å². The first kappa shape index (κ1) is 17.8. The number of hydrazone groups is 1. The maximum atomic E-state index is 12.1. The molecule has 1 heterocycles. The number of nitrogens with zero attached hydrogens (tertiary/aromatic N) is 2. The van der Waals surface area contributed by atoms with Crippen LogP contribution in [0.15, 0.2) is 82.6 Å². The summed E-state index contributed by atoms with van der Waals surface area (Å²) in [4.78, 5) is 16.0. The third-order valence-electron chi connectivity index (χ3n) is 3.53. The highest BCUT2D eigenvalue weighted by Crippen LogP contribution is 2.24. The number of amides is 1. The van der Waals surface area contributed by atoms with Gasteiger partial charge in [-0.2, -0.15) is 5.10 Å². The van der Waals surface area contributed by atoms with Crippen LogP contribution in [0.25, 0.3) is 0 Å². The fourth-order valence-electron chi connectivity index (χ4n) is 2.15. The molecule has 0 saturated heterocycles. The number of carbonyl (C=O) groups is 1. The Balaban J connectivity index is 1.54. The Kier molecular flexibility index (Phi) is 6.11. The van der Waals surface area contributed by atoms with E-state index in [1.165, 1.54) is 0 Å². The molecule has 2 aromatic carbocycles.